The predicted molar refractivity (Wildman–Crippen MR) is 80.1 cm³/mol. The Bertz CT molecular complexity index is 580. The number of carboxylic acid groups (broad SMARTS) is 1. The normalized spacial score (nSPS) is 11.3. The SMILES string of the molecule is C=CC(=O)OCCCC(O)COC(=O)c1ccccc1C(=O)O. The van der Waals surface area contributed by atoms with E-state index in [-0.39, 0.29) is 30.8 Å². The number of rotatable bonds is 9. The van der Waals surface area contributed by atoms with Crippen molar-refractivity contribution in [2.24, 2.45) is 0 Å². The van der Waals surface area contributed by atoms with Crippen molar-refractivity contribution in [3.8, 4) is 0 Å². The summed E-state index contributed by atoms with van der Waals surface area (Å²) in [5, 5.41) is 18.7. The zero-order chi connectivity index (χ0) is 17.2. The Morgan fingerprint density at radius 2 is 1.83 bits per heavy atom. The second kappa shape index (κ2) is 9.37. The Kier molecular flexibility index (Phi) is 7.49. The van der Waals surface area contributed by atoms with E-state index in [4.69, 9.17) is 14.6 Å². The molecule has 23 heavy (non-hydrogen) atoms. The van der Waals surface area contributed by atoms with Crippen molar-refractivity contribution in [1.82, 2.24) is 0 Å². The van der Waals surface area contributed by atoms with Crippen LogP contribution in [0.5, 0.6) is 0 Å². The molecule has 0 fully saturated rings. The van der Waals surface area contributed by atoms with Crippen molar-refractivity contribution >= 4 is 17.9 Å². The molecule has 0 aliphatic heterocycles. The second-order valence-electron chi connectivity index (χ2n) is 4.62. The Balaban J connectivity index is 2.40. The fourth-order valence-corrected chi connectivity index (χ4v) is 1.73. The molecule has 1 atom stereocenters. The van der Waals surface area contributed by atoms with Crippen molar-refractivity contribution in [3.63, 3.8) is 0 Å². The van der Waals surface area contributed by atoms with Crippen LogP contribution in [0, 0.1) is 0 Å². The molecule has 0 heterocycles. The predicted octanol–water partition coefficient (Wildman–Crippen LogP) is 1.41. The first-order valence-electron chi connectivity index (χ1n) is 6.92. The van der Waals surface area contributed by atoms with Crippen LogP contribution in [0.1, 0.15) is 33.6 Å². The third-order valence-electron chi connectivity index (χ3n) is 2.88. The van der Waals surface area contributed by atoms with Crippen LogP contribution in [0.4, 0.5) is 0 Å². The highest BCUT2D eigenvalue weighted by atomic mass is 16.5. The molecule has 1 rings (SSSR count). The molecule has 7 heteroatoms. The zero-order valence-electron chi connectivity index (χ0n) is 12.4. The van der Waals surface area contributed by atoms with Crippen molar-refractivity contribution in [3.05, 3.63) is 48.0 Å². The molecule has 0 saturated carbocycles. The van der Waals surface area contributed by atoms with Crippen LogP contribution in [0.25, 0.3) is 0 Å². The number of carboxylic acids is 1. The summed E-state index contributed by atoms with van der Waals surface area (Å²) in [6, 6.07) is 5.66. The van der Waals surface area contributed by atoms with Crippen molar-refractivity contribution in [2.75, 3.05) is 13.2 Å². The van der Waals surface area contributed by atoms with Gasteiger partial charge in [0.1, 0.15) is 6.61 Å². The highest BCUT2D eigenvalue weighted by molar-refractivity contribution is 6.02. The Morgan fingerprint density at radius 1 is 1.17 bits per heavy atom. The third-order valence-corrected chi connectivity index (χ3v) is 2.88. The minimum absolute atomic E-state index is 0.0767. The molecule has 7 nitrogen and oxygen atoms in total. The van der Waals surface area contributed by atoms with Crippen LogP contribution in [-0.2, 0) is 14.3 Å². The van der Waals surface area contributed by atoms with Crippen LogP contribution >= 0.6 is 0 Å². The van der Waals surface area contributed by atoms with E-state index in [1.165, 1.54) is 24.3 Å². The summed E-state index contributed by atoms with van der Waals surface area (Å²) in [6.07, 6.45) is 0.763. The summed E-state index contributed by atoms with van der Waals surface area (Å²) >= 11 is 0. The molecule has 0 aliphatic carbocycles. The fourth-order valence-electron chi connectivity index (χ4n) is 1.73. The summed E-state index contributed by atoms with van der Waals surface area (Å²) in [4.78, 5) is 33.7. The topological polar surface area (TPSA) is 110 Å². The number of carbonyl (C=O) groups is 3. The van der Waals surface area contributed by atoms with Gasteiger partial charge in [0.15, 0.2) is 0 Å². The molecule has 1 aromatic rings. The lowest BCUT2D eigenvalue weighted by molar-refractivity contribution is -0.138. The van der Waals surface area contributed by atoms with Crippen LogP contribution in [0.2, 0.25) is 0 Å². The lowest BCUT2D eigenvalue weighted by Crippen LogP contribution is -2.20. The highest BCUT2D eigenvalue weighted by Gasteiger charge is 2.18. The van der Waals surface area contributed by atoms with Crippen LogP contribution < -0.4 is 0 Å². The summed E-state index contributed by atoms with van der Waals surface area (Å²) in [5.41, 5.74) is -0.240. The number of benzene rings is 1. The maximum atomic E-state index is 11.9. The van der Waals surface area contributed by atoms with Gasteiger partial charge in [0, 0.05) is 6.08 Å². The van der Waals surface area contributed by atoms with Crippen molar-refractivity contribution in [2.45, 2.75) is 18.9 Å². The number of aliphatic hydroxyl groups is 1. The number of hydrogen-bond acceptors (Lipinski definition) is 6. The summed E-state index contributed by atoms with van der Waals surface area (Å²) < 4.78 is 9.64. The van der Waals surface area contributed by atoms with E-state index in [1.807, 2.05) is 0 Å². The van der Waals surface area contributed by atoms with Gasteiger partial charge in [0.05, 0.1) is 23.8 Å². The average molecular weight is 322 g/mol. The van der Waals surface area contributed by atoms with Gasteiger partial charge in [-0.25, -0.2) is 14.4 Å². The maximum absolute atomic E-state index is 11.9. The molecule has 1 unspecified atom stereocenters. The lowest BCUT2D eigenvalue weighted by Gasteiger charge is -2.12. The number of aromatic carboxylic acids is 1. The van der Waals surface area contributed by atoms with Gasteiger partial charge in [-0.15, -0.1) is 0 Å². The average Bonchev–Trinajstić information content (AvgIpc) is 2.56. The molecule has 0 radical (unpaired) electrons. The van der Waals surface area contributed by atoms with Crippen LogP contribution in [0.3, 0.4) is 0 Å². The standard InChI is InChI=1S/C16H18O7/c1-2-14(18)22-9-5-6-11(17)10-23-16(21)13-8-4-3-7-12(13)15(19)20/h2-4,7-8,11,17H,1,5-6,9-10H2,(H,19,20). The fraction of sp³-hybridized carbons (Fsp3) is 0.312. The van der Waals surface area contributed by atoms with Gasteiger partial charge in [0.25, 0.3) is 0 Å². The van der Waals surface area contributed by atoms with Crippen LogP contribution in [-0.4, -0.2) is 47.4 Å². The van der Waals surface area contributed by atoms with Gasteiger partial charge in [-0.2, -0.15) is 0 Å². The van der Waals surface area contributed by atoms with Gasteiger partial charge in [-0.3, -0.25) is 0 Å². The minimum atomic E-state index is -1.23. The molecule has 0 amide bonds. The largest absolute Gasteiger partial charge is 0.478 e. The van der Waals surface area contributed by atoms with Gasteiger partial charge < -0.3 is 19.7 Å². The molecule has 1 aromatic carbocycles. The van der Waals surface area contributed by atoms with E-state index in [9.17, 15) is 19.5 Å². The summed E-state index contributed by atoms with van der Waals surface area (Å²) in [6.45, 7) is 3.10. The third kappa shape index (κ3) is 6.31. The van der Waals surface area contributed by atoms with Gasteiger partial charge in [-0.05, 0) is 25.0 Å². The Morgan fingerprint density at radius 3 is 2.43 bits per heavy atom. The number of carbonyl (C=O) groups excluding carboxylic acids is 2. The van der Waals surface area contributed by atoms with E-state index in [0.717, 1.165) is 6.08 Å². The molecular weight excluding hydrogens is 304 g/mol. The van der Waals surface area contributed by atoms with Gasteiger partial charge in [0.2, 0.25) is 0 Å². The number of aliphatic hydroxyl groups excluding tert-OH is 1. The van der Waals surface area contributed by atoms with Gasteiger partial charge in [-0.1, -0.05) is 18.7 Å². The van der Waals surface area contributed by atoms with E-state index < -0.39 is 24.0 Å². The van der Waals surface area contributed by atoms with E-state index >= 15 is 0 Å². The molecule has 0 aromatic heterocycles. The Hall–Kier alpha value is -2.67. The molecule has 124 valence electrons. The first kappa shape index (κ1) is 18.4. The molecule has 2 N–H and O–H groups in total. The quantitative estimate of drug-likeness (QED) is 0.402. The number of hydrogen-bond donors (Lipinski definition) is 2. The summed E-state index contributed by atoms with van der Waals surface area (Å²) in [5.74, 6) is -2.60. The number of esters is 2. The van der Waals surface area contributed by atoms with Crippen molar-refractivity contribution in [1.29, 1.82) is 0 Å². The number of ether oxygens (including phenoxy) is 2. The molecule has 0 bridgehead atoms. The van der Waals surface area contributed by atoms with Gasteiger partial charge >= 0.3 is 17.9 Å². The first-order chi connectivity index (χ1) is 11.0. The minimum Gasteiger partial charge on any atom is -0.478 e. The van der Waals surface area contributed by atoms with Crippen molar-refractivity contribution < 1.29 is 34.1 Å². The zero-order valence-corrected chi connectivity index (χ0v) is 12.4. The molecule has 0 spiro atoms. The van der Waals surface area contributed by atoms with E-state index in [2.05, 4.69) is 6.58 Å². The monoisotopic (exact) mass is 322 g/mol. The van der Waals surface area contributed by atoms with E-state index in [0.29, 0.717) is 6.42 Å². The lowest BCUT2D eigenvalue weighted by atomic mass is 10.1. The van der Waals surface area contributed by atoms with Crippen LogP contribution in [0.15, 0.2) is 36.9 Å². The maximum Gasteiger partial charge on any atom is 0.339 e. The molecular formula is C16H18O7. The molecule has 0 saturated heterocycles. The summed E-state index contributed by atoms with van der Waals surface area (Å²) in [7, 11) is 0. The molecule has 0 aliphatic rings. The second-order valence-corrected chi connectivity index (χ2v) is 4.62. The smallest absolute Gasteiger partial charge is 0.339 e. The Labute approximate surface area is 133 Å². The van der Waals surface area contributed by atoms with E-state index in [1.54, 1.807) is 0 Å². The highest BCUT2D eigenvalue weighted by Crippen LogP contribution is 2.11. The first-order valence-corrected chi connectivity index (χ1v) is 6.92.